The van der Waals surface area contributed by atoms with E-state index >= 15 is 0 Å². The monoisotopic (exact) mass is 308 g/mol. The number of hydrogen-bond donors (Lipinski definition) is 4. The molecular weight excluding hydrogens is 295 g/mol. The molecule has 0 heterocycles. The molecule has 0 aromatic heterocycles. The van der Waals surface area contributed by atoms with Gasteiger partial charge in [-0.05, 0) is 17.6 Å². The number of fused-ring (bicyclic) bond motifs is 1. The third-order valence-electron chi connectivity index (χ3n) is 3.41. The number of phenolic OH excluding ortho intramolecular Hbond substituents is 2. The molecule has 0 spiro atoms. The van der Waals surface area contributed by atoms with E-state index in [1.54, 1.807) is 42.5 Å². The standard InChI is InChI=1S/C16H13BN2O4/c20-14-9-15(21)16(13-7-2-1-6-12(13)14)19-18-11-5-3-4-10(8-11)17(22)23/h1-9,20-23H. The molecule has 0 aliphatic carbocycles. The molecule has 7 heteroatoms. The molecule has 0 aliphatic heterocycles. The molecule has 0 fully saturated rings. The van der Waals surface area contributed by atoms with Crippen LogP contribution in [0.5, 0.6) is 11.5 Å². The van der Waals surface area contributed by atoms with E-state index in [1.807, 2.05) is 0 Å². The number of azo groups is 1. The van der Waals surface area contributed by atoms with Gasteiger partial charge >= 0.3 is 7.12 Å². The first-order valence-electron chi connectivity index (χ1n) is 6.88. The number of aromatic hydroxyl groups is 2. The Labute approximate surface area is 132 Å². The minimum Gasteiger partial charge on any atom is -0.507 e. The highest BCUT2D eigenvalue weighted by Gasteiger charge is 2.12. The van der Waals surface area contributed by atoms with Gasteiger partial charge in [0.25, 0.3) is 0 Å². The number of benzene rings is 3. The van der Waals surface area contributed by atoms with Gasteiger partial charge in [-0.1, -0.05) is 36.4 Å². The average molecular weight is 308 g/mol. The van der Waals surface area contributed by atoms with Crippen molar-refractivity contribution in [3.63, 3.8) is 0 Å². The highest BCUT2D eigenvalue weighted by atomic mass is 16.4. The van der Waals surface area contributed by atoms with Crippen LogP contribution >= 0.6 is 0 Å². The highest BCUT2D eigenvalue weighted by Crippen LogP contribution is 2.40. The maximum atomic E-state index is 10.0. The van der Waals surface area contributed by atoms with Gasteiger partial charge in [0.2, 0.25) is 0 Å². The SMILES string of the molecule is OB(O)c1cccc(N=Nc2c(O)cc(O)c3ccccc23)c1. The molecule has 0 unspecified atom stereocenters. The summed E-state index contributed by atoms with van der Waals surface area (Å²) in [4.78, 5) is 0. The van der Waals surface area contributed by atoms with Crippen molar-refractivity contribution >= 4 is 34.7 Å². The second-order valence-electron chi connectivity index (χ2n) is 4.98. The van der Waals surface area contributed by atoms with E-state index in [2.05, 4.69) is 10.2 Å². The third kappa shape index (κ3) is 3.01. The van der Waals surface area contributed by atoms with E-state index in [9.17, 15) is 10.2 Å². The average Bonchev–Trinajstić information content (AvgIpc) is 2.55. The molecule has 0 radical (unpaired) electrons. The van der Waals surface area contributed by atoms with E-state index in [4.69, 9.17) is 10.0 Å². The molecule has 0 amide bonds. The van der Waals surface area contributed by atoms with Crippen molar-refractivity contribution in [1.29, 1.82) is 0 Å². The molecule has 0 bridgehead atoms. The van der Waals surface area contributed by atoms with Gasteiger partial charge in [-0.25, -0.2) is 0 Å². The Hall–Kier alpha value is -2.90. The van der Waals surface area contributed by atoms with Gasteiger partial charge in [0.1, 0.15) is 17.2 Å². The quantitative estimate of drug-likeness (QED) is 0.440. The summed E-state index contributed by atoms with van der Waals surface area (Å²) >= 11 is 0. The normalized spacial score (nSPS) is 11.2. The van der Waals surface area contributed by atoms with Gasteiger partial charge in [-0.15, -0.1) is 5.11 Å². The molecule has 114 valence electrons. The molecular formula is C16H13BN2O4. The zero-order valence-electron chi connectivity index (χ0n) is 12.0. The molecule has 0 aliphatic rings. The maximum Gasteiger partial charge on any atom is 0.488 e. The van der Waals surface area contributed by atoms with Gasteiger partial charge in [-0.2, -0.15) is 5.11 Å². The van der Waals surface area contributed by atoms with Crippen LogP contribution in [0.2, 0.25) is 0 Å². The Balaban J connectivity index is 2.06. The fourth-order valence-electron chi connectivity index (χ4n) is 2.29. The minimum absolute atomic E-state index is 0.0394. The zero-order valence-corrected chi connectivity index (χ0v) is 12.0. The van der Waals surface area contributed by atoms with Crippen LogP contribution in [-0.2, 0) is 0 Å². The zero-order chi connectivity index (χ0) is 16.4. The van der Waals surface area contributed by atoms with Crippen molar-refractivity contribution in [2.45, 2.75) is 0 Å². The van der Waals surface area contributed by atoms with Crippen LogP contribution in [0, 0.1) is 0 Å². The summed E-state index contributed by atoms with van der Waals surface area (Å²) in [5.41, 5.74) is 0.932. The van der Waals surface area contributed by atoms with Crippen LogP contribution in [0.25, 0.3) is 10.8 Å². The van der Waals surface area contributed by atoms with E-state index in [-0.39, 0.29) is 17.2 Å². The Kier molecular flexibility index (Phi) is 3.97. The predicted octanol–water partition coefficient (Wildman–Crippen LogP) is 2.35. The summed E-state index contributed by atoms with van der Waals surface area (Å²) in [6.07, 6.45) is 0. The van der Waals surface area contributed by atoms with E-state index in [0.717, 1.165) is 0 Å². The first kappa shape index (κ1) is 15.0. The van der Waals surface area contributed by atoms with Crippen molar-refractivity contribution in [2.75, 3.05) is 0 Å². The summed E-state index contributed by atoms with van der Waals surface area (Å²) in [6.45, 7) is 0. The largest absolute Gasteiger partial charge is 0.507 e. The first-order chi connectivity index (χ1) is 11.1. The van der Waals surface area contributed by atoms with Crippen molar-refractivity contribution in [3.05, 3.63) is 54.6 Å². The lowest BCUT2D eigenvalue weighted by atomic mass is 9.80. The fraction of sp³-hybridized carbons (Fsp3) is 0. The molecule has 3 aromatic rings. The molecule has 0 saturated heterocycles. The number of phenols is 2. The van der Waals surface area contributed by atoms with Crippen LogP contribution in [-0.4, -0.2) is 27.4 Å². The summed E-state index contributed by atoms with van der Waals surface area (Å²) in [7, 11) is -1.59. The lowest BCUT2D eigenvalue weighted by Gasteiger charge is -2.06. The van der Waals surface area contributed by atoms with Gasteiger partial charge in [0, 0.05) is 16.8 Å². The van der Waals surface area contributed by atoms with Gasteiger partial charge in [-0.3, -0.25) is 0 Å². The smallest absolute Gasteiger partial charge is 0.488 e. The molecule has 4 N–H and O–H groups in total. The Morgan fingerprint density at radius 1 is 0.739 bits per heavy atom. The van der Waals surface area contributed by atoms with Crippen LogP contribution in [0.4, 0.5) is 11.4 Å². The number of nitrogens with zero attached hydrogens (tertiary/aromatic N) is 2. The second-order valence-corrected chi connectivity index (χ2v) is 4.98. The van der Waals surface area contributed by atoms with Crippen molar-refractivity contribution in [2.24, 2.45) is 10.2 Å². The van der Waals surface area contributed by atoms with Gasteiger partial charge < -0.3 is 20.3 Å². The summed E-state index contributed by atoms with van der Waals surface area (Å²) < 4.78 is 0. The minimum atomic E-state index is -1.59. The van der Waals surface area contributed by atoms with E-state index in [0.29, 0.717) is 21.9 Å². The van der Waals surface area contributed by atoms with Crippen LogP contribution in [0.1, 0.15) is 0 Å². The van der Waals surface area contributed by atoms with Crippen LogP contribution in [0.15, 0.2) is 64.8 Å². The lowest BCUT2D eigenvalue weighted by Crippen LogP contribution is -2.29. The van der Waals surface area contributed by atoms with Crippen LogP contribution < -0.4 is 5.46 Å². The number of hydrogen-bond acceptors (Lipinski definition) is 6. The van der Waals surface area contributed by atoms with Crippen molar-refractivity contribution in [1.82, 2.24) is 0 Å². The predicted molar refractivity (Wildman–Crippen MR) is 87.7 cm³/mol. The summed E-state index contributed by atoms with van der Waals surface area (Å²) in [6, 6.07) is 14.5. The summed E-state index contributed by atoms with van der Waals surface area (Å²) in [5, 5.41) is 47.4. The third-order valence-corrected chi connectivity index (χ3v) is 3.41. The summed E-state index contributed by atoms with van der Waals surface area (Å²) in [5.74, 6) is -0.231. The Morgan fingerprint density at radius 3 is 2.22 bits per heavy atom. The second kappa shape index (κ2) is 6.08. The topological polar surface area (TPSA) is 106 Å². The molecule has 0 saturated carbocycles. The Morgan fingerprint density at radius 2 is 1.48 bits per heavy atom. The number of rotatable bonds is 3. The van der Waals surface area contributed by atoms with Crippen molar-refractivity contribution in [3.8, 4) is 11.5 Å². The lowest BCUT2D eigenvalue weighted by molar-refractivity contribution is 0.425. The maximum absolute atomic E-state index is 10.0. The molecule has 6 nitrogen and oxygen atoms in total. The van der Waals surface area contributed by atoms with Crippen molar-refractivity contribution < 1.29 is 20.3 Å². The van der Waals surface area contributed by atoms with Gasteiger partial charge in [0.05, 0.1) is 5.69 Å². The molecule has 3 rings (SSSR count). The van der Waals surface area contributed by atoms with E-state index in [1.165, 1.54) is 12.1 Å². The molecule has 23 heavy (non-hydrogen) atoms. The fourth-order valence-corrected chi connectivity index (χ4v) is 2.29. The molecule has 3 aromatic carbocycles. The van der Waals surface area contributed by atoms with Gasteiger partial charge in [0.15, 0.2) is 0 Å². The Bertz CT molecular complexity index is 896. The first-order valence-corrected chi connectivity index (χ1v) is 6.88. The van der Waals surface area contributed by atoms with Crippen LogP contribution in [0.3, 0.4) is 0 Å². The highest BCUT2D eigenvalue weighted by molar-refractivity contribution is 6.58. The van der Waals surface area contributed by atoms with E-state index < -0.39 is 7.12 Å². The molecule has 0 atom stereocenters.